The van der Waals surface area contributed by atoms with E-state index in [1.807, 2.05) is 0 Å². The van der Waals surface area contributed by atoms with Crippen LogP contribution in [0.2, 0.25) is 0 Å². The normalized spacial score (nSPS) is 29.5. The highest BCUT2D eigenvalue weighted by molar-refractivity contribution is 5.08. The van der Waals surface area contributed by atoms with E-state index in [4.69, 9.17) is 0 Å². The molecule has 2 heteroatoms. The molecule has 1 aliphatic carbocycles. The maximum Gasteiger partial charge on any atom is -0.00123 e. The van der Waals surface area contributed by atoms with Crippen LogP contribution in [0.3, 0.4) is 0 Å². The second kappa shape index (κ2) is 7.17. The number of nitrogens with zero attached hydrogens (tertiary/aromatic N) is 1. The van der Waals surface area contributed by atoms with Gasteiger partial charge in [-0.3, -0.25) is 0 Å². The molecule has 0 aromatic rings. The van der Waals surface area contributed by atoms with E-state index >= 15 is 0 Å². The average molecular weight is 238 g/mol. The summed E-state index contributed by atoms with van der Waals surface area (Å²) < 4.78 is 0. The Labute approximate surface area is 107 Å². The predicted octanol–water partition coefficient (Wildman–Crippen LogP) is 2.77. The van der Waals surface area contributed by atoms with Crippen LogP contribution in [0.1, 0.15) is 33.6 Å². The van der Waals surface area contributed by atoms with Crippen molar-refractivity contribution in [2.75, 3.05) is 33.7 Å². The van der Waals surface area contributed by atoms with Crippen molar-refractivity contribution in [1.29, 1.82) is 0 Å². The molecule has 1 N–H and O–H groups in total. The predicted molar refractivity (Wildman–Crippen MR) is 76.2 cm³/mol. The smallest absolute Gasteiger partial charge is 0.00123 e. The third kappa shape index (κ3) is 5.22. The monoisotopic (exact) mass is 238 g/mol. The molecule has 100 valence electrons. The van der Waals surface area contributed by atoms with E-state index in [1.54, 1.807) is 5.57 Å². The van der Waals surface area contributed by atoms with E-state index in [0.29, 0.717) is 0 Å². The molecule has 0 aromatic heterocycles. The third-order valence-electron chi connectivity index (χ3n) is 3.94. The van der Waals surface area contributed by atoms with Gasteiger partial charge in [-0.2, -0.15) is 0 Å². The molecule has 2 nitrogen and oxygen atoms in total. The zero-order chi connectivity index (χ0) is 12.8. The van der Waals surface area contributed by atoms with Gasteiger partial charge in [0.25, 0.3) is 0 Å². The Bertz CT molecular complexity index is 245. The number of rotatable bonds is 6. The van der Waals surface area contributed by atoms with Gasteiger partial charge in [0.05, 0.1) is 0 Å². The second-order valence-corrected chi connectivity index (χ2v) is 6.08. The highest BCUT2D eigenvalue weighted by atomic mass is 15.1. The fourth-order valence-corrected chi connectivity index (χ4v) is 2.99. The summed E-state index contributed by atoms with van der Waals surface area (Å²) in [5.74, 6) is 2.38. The highest BCUT2D eigenvalue weighted by Crippen LogP contribution is 2.32. The van der Waals surface area contributed by atoms with Crippen LogP contribution in [0.4, 0.5) is 0 Å². The Kier molecular flexibility index (Phi) is 6.21. The van der Waals surface area contributed by atoms with Gasteiger partial charge in [-0.1, -0.05) is 25.5 Å². The zero-order valence-electron chi connectivity index (χ0n) is 12.3. The lowest BCUT2D eigenvalue weighted by molar-refractivity contribution is 0.260. The molecule has 0 fully saturated rings. The summed E-state index contributed by atoms with van der Waals surface area (Å²) in [7, 11) is 4.28. The molecule has 1 rings (SSSR count). The van der Waals surface area contributed by atoms with Crippen molar-refractivity contribution in [2.24, 2.45) is 17.8 Å². The Hall–Kier alpha value is -0.340. The molecular formula is C15H30N2. The number of hydrogen-bond donors (Lipinski definition) is 1. The molecule has 0 bridgehead atoms. The average Bonchev–Trinajstić information content (AvgIpc) is 2.20. The minimum absolute atomic E-state index is 0.736. The molecule has 3 atom stereocenters. The largest absolute Gasteiger partial charge is 0.316 e. The summed E-state index contributed by atoms with van der Waals surface area (Å²) >= 11 is 0. The Morgan fingerprint density at radius 3 is 2.65 bits per heavy atom. The van der Waals surface area contributed by atoms with E-state index in [-0.39, 0.29) is 0 Å². The third-order valence-corrected chi connectivity index (χ3v) is 3.94. The Balaban J connectivity index is 2.22. The minimum Gasteiger partial charge on any atom is -0.316 e. The molecular weight excluding hydrogens is 208 g/mol. The standard InChI is InChI=1S/C15H30N2/c1-12-9-13(2)15(14(3)10-12)11-16-7-6-8-17(4)5/h9,13-16H,6-8,10-11H2,1-5H3. The van der Waals surface area contributed by atoms with Crippen LogP contribution in [0.25, 0.3) is 0 Å². The topological polar surface area (TPSA) is 15.3 Å². The fraction of sp³-hybridized carbons (Fsp3) is 0.867. The first-order chi connectivity index (χ1) is 8.00. The van der Waals surface area contributed by atoms with Gasteiger partial charge in [0.2, 0.25) is 0 Å². The lowest BCUT2D eigenvalue weighted by Crippen LogP contribution is -2.34. The first-order valence-electron chi connectivity index (χ1n) is 7.03. The van der Waals surface area contributed by atoms with Crippen LogP contribution in [0.15, 0.2) is 11.6 Å². The summed E-state index contributed by atoms with van der Waals surface area (Å²) in [6, 6.07) is 0. The zero-order valence-corrected chi connectivity index (χ0v) is 12.3. The Morgan fingerprint density at radius 1 is 1.35 bits per heavy atom. The molecule has 1 aliphatic rings. The van der Waals surface area contributed by atoms with Crippen molar-refractivity contribution in [3.8, 4) is 0 Å². The maximum atomic E-state index is 3.63. The van der Waals surface area contributed by atoms with Gasteiger partial charge >= 0.3 is 0 Å². The molecule has 0 amide bonds. The van der Waals surface area contributed by atoms with E-state index in [9.17, 15) is 0 Å². The van der Waals surface area contributed by atoms with Gasteiger partial charge in [-0.15, -0.1) is 0 Å². The molecule has 0 spiro atoms. The SMILES string of the molecule is CC1=CC(C)C(CNCCCN(C)C)C(C)C1. The molecule has 17 heavy (non-hydrogen) atoms. The highest BCUT2D eigenvalue weighted by Gasteiger charge is 2.25. The Morgan fingerprint density at radius 2 is 2.06 bits per heavy atom. The van der Waals surface area contributed by atoms with Crippen LogP contribution in [0.5, 0.6) is 0 Å². The summed E-state index contributed by atoms with van der Waals surface area (Å²) in [4.78, 5) is 2.25. The lowest BCUT2D eigenvalue weighted by Gasteiger charge is -2.33. The quantitative estimate of drug-likeness (QED) is 0.565. The van der Waals surface area contributed by atoms with Crippen molar-refractivity contribution >= 4 is 0 Å². The summed E-state index contributed by atoms with van der Waals surface area (Å²) in [6.07, 6.45) is 5.00. The molecule has 0 saturated heterocycles. The van der Waals surface area contributed by atoms with Crippen LogP contribution in [-0.2, 0) is 0 Å². The molecule has 0 radical (unpaired) electrons. The second-order valence-electron chi connectivity index (χ2n) is 6.08. The van der Waals surface area contributed by atoms with E-state index in [2.05, 4.69) is 51.2 Å². The summed E-state index contributed by atoms with van der Waals surface area (Å²) in [5.41, 5.74) is 1.58. The summed E-state index contributed by atoms with van der Waals surface area (Å²) in [6.45, 7) is 10.6. The van der Waals surface area contributed by atoms with Crippen LogP contribution >= 0.6 is 0 Å². The van der Waals surface area contributed by atoms with E-state index < -0.39 is 0 Å². The van der Waals surface area contributed by atoms with Crippen molar-refractivity contribution in [1.82, 2.24) is 10.2 Å². The van der Waals surface area contributed by atoms with Gasteiger partial charge in [0, 0.05) is 0 Å². The molecule has 0 aliphatic heterocycles. The van der Waals surface area contributed by atoms with Gasteiger partial charge in [0.1, 0.15) is 0 Å². The van der Waals surface area contributed by atoms with E-state index in [0.717, 1.165) is 24.3 Å². The van der Waals surface area contributed by atoms with Crippen molar-refractivity contribution in [3.63, 3.8) is 0 Å². The number of allylic oxidation sites excluding steroid dienone is 2. The molecule has 0 saturated carbocycles. The lowest BCUT2D eigenvalue weighted by atomic mass is 9.75. The van der Waals surface area contributed by atoms with E-state index in [1.165, 1.54) is 25.9 Å². The molecule has 0 aromatic carbocycles. The van der Waals surface area contributed by atoms with Crippen molar-refractivity contribution in [3.05, 3.63) is 11.6 Å². The summed E-state index contributed by atoms with van der Waals surface area (Å²) in [5, 5.41) is 3.63. The van der Waals surface area contributed by atoms with Crippen LogP contribution < -0.4 is 5.32 Å². The fourth-order valence-electron chi connectivity index (χ4n) is 2.99. The van der Waals surface area contributed by atoms with Crippen molar-refractivity contribution < 1.29 is 0 Å². The van der Waals surface area contributed by atoms with Crippen molar-refractivity contribution in [2.45, 2.75) is 33.6 Å². The number of hydrogen-bond acceptors (Lipinski definition) is 2. The van der Waals surface area contributed by atoms with Crippen LogP contribution in [-0.4, -0.2) is 38.6 Å². The van der Waals surface area contributed by atoms with Gasteiger partial charge in [-0.25, -0.2) is 0 Å². The van der Waals surface area contributed by atoms with Gasteiger partial charge < -0.3 is 10.2 Å². The number of nitrogens with one attached hydrogen (secondary N) is 1. The maximum absolute atomic E-state index is 3.63. The first-order valence-corrected chi connectivity index (χ1v) is 7.03. The van der Waals surface area contributed by atoms with Gasteiger partial charge in [-0.05, 0) is 71.2 Å². The molecule has 0 heterocycles. The minimum atomic E-state index is 0.736. The van der Waals surface area contributed by atoms with Gasteiger partial charge in [0.15, 0.2) is 0 Å². The van der Waals surface area contributed by atoms with Crippen LogP contribution in [0, 0.1) is 17.8 Å². The first kappa shape index (κ1) is 14.7. The molecule has 3 unspecified atom stereocenters.